The van der Waals surface area contributed by atoms with E-state index in [9.17, 15) is 29.8 Å². The Hall–Kier alpha value is -2.21. The summed E-state index contributed by atoms with van der Waals surface area (Å²) in [5, 5.41) is 31.3. The smallest absolute Gasteiger partial charge is 0.426 e. The van der Waals surface area contributed by atoms with E-state index in [-0.39, 0.29) is 38.1 Å². The maximum atomic E-state index is 12.8. The fourth-order valence-corrected chi connectivity index (χ4v) is 3.18. The molecule has 11 nitrogen and oxygen atoms in total. The van der Waals surface area contributed by atoms with Crippen molar-refractivity contribution in [3.63, 3.8) is 0 Å². The van der Waals surface area contributed by atoms with Gasteiger partial charge in [0.15, 0.2) is 5.03 Å². The second-order valence-corrected chi connectivity index (χ2v) is 8.19. The Labute approximate surface area is 191 Å². The topological polar surface area (TPSA) is 180 Å². The molecule has 0 saturated heterocycles. The lowest BCUT2D eigenvalue weighted by molar-refractivity contribution is -0.525. The fraction of sp³-hybridized carbons (Fsp3) is 0.850. The number of Topliss-reactive ketones (excluding diaryl/α,β-unsaturated/α-hetero) is 1. The lowest BCUT2D eigenvalue weighted by atomic mass is 9.74. The molecule has 0 unspecified atom stereocenters. The first kappa shape index (κ1) is 32.0. The summed E-state index contributed by atoms with van der Waals surface area (Å²) in [7, 11) is -1.70. The lowest BCUT2D eigenvalue weighted by Crippen LogP contribution is -2.49. The minimum absolute atomic E-state index is 0. The third-order valence-electron chi connectivity index (χ3n) is 4.77. The van der Waals surface area contributed by atoms with Crippen molar-refractivity contribution in [2.45, 2.75) is 91.9 Å². The number of carbonyl (C=O) groups excluding carboxylic acids is 2. The number of carbonyl (C=O) groups is 2. The summed E-state index contributed by atoms with van der Waals surface area (Å²) in [5.41, 5.74) is 7.10. The molecule has 0 saturated carbocycles. The number of amides is 1. The number of nitrogens with zero attached hydrogens (tertiary/aromatic N) is 2. The molecule has 0 aliphatic heterocycles. The Morgan fingerprint density at radius 3 is 2.38 bits per heavy atom. The van der Waals surface area contributed by atoms with E-state index in [1.807, 2.05) is 13.8 Å². The van der Waals surface area contributed by atoms with Gasteiger partial charge in [-0.25, -0.2) is 15.1 Å². The van der Waals surface area contributed by atoms with E-state index in [0.717, 1.165) is 25.7 Å². The number of hydrogen-bond donors (Lipinski definition) is 5. The average molecular weight is 459 g/mol. The van der Waals surface area contributed by atoms with Crippen LogP contribution in [0.4, 0.5) is 0 Å². The van der Waals surface area contributed by atoms with Gasteiger partial charge in [-0.05, 0) is 31.6 Å². The van der Waals surface area contributed by atoms with Gasteiger partial charge in [-0.1, -0.05) is 52.9 Å². The van der Waals surface area contributed by atoms with Crippen LogP contribution in [-0.2, 0) is 9.59 Å². The molecule has 186 valence electrons. The molecule has 6 N–H and O–H groups in total. The highest BCUT2D eigenvalue weighted by molar-refractivity contribution is 6.43. The molecule has 32 heavy (non-hydrogen) atoms. The number of nitrogens with one attached hydrogen (secondary N) is 2. The summed E-state index contributed by atoms with van der Waals surface area (Å²) in [6, 6.07) is 0. The molecular formula is C20H42BN5O6. The normalized spacial score (nSPS) is 13.1. The zero-order chi connectivity index (χ0) is 23.8. The van der Waals surface area contributed by atoms with Gasteiger partial charge in [0.2, 0.25) is 5.91 Å². The SMILES string of the molecule is C.CCCCCCC(=O)C[C@@H](CCCN=C(N)N[N+](=O)[O-])C(=O)N[C@@H](CC(C)C)B(O)O. The van der Waals surface area contributed by atoms with Crippen molar-refractivity contribution in [3.8, 4) is 0 Å². The molecule has 0 spiro atoms. The van der Waals surface area contributed by atoms with Crippen LogP contribution in [0.3, 0.4) is 0 Å². The minimum atomic E-state index is -1.70. The van der Waals surface area contributed by atoms with Gasteiger partial charge >= 0.3 is 7.12 Å². The van der Waals surface area contributed by atoms with Crippen molar-refractivity contribution in [2.75, 3.05) is 6.54 Å². The summed E-state index contributed by atoms with van der Waals surface area (Å²) in [4.78, 5) is 39.3. The largest absolute Gasteiger partial charge is 0.475 e. The zero-order valence-electron chi connectivity index (χ0n) is 18.9. The van der Waals surface area contributed by atoms with Crippen LogP contribution in [0.25, 0.3) is 0 Å². The number of guanidine groups is 1. The molecule has 0 heterocycles. The van der Waals surface area contributed by atoms with Gasteiger partial charge in [0, 0.05) is 25.3 Å². The number of hydrogen-bond acceptors (Lipinski definition) is 7. The van der Waals surface area contributed by atoms with Gasteiger partial charge in [-0.3, -0.25) is 9.59 Å². The number of ketones is 1. The van der Waals surface area contributed by atoms with Crippen LogP contribution in [0, 0.1) is 22.0 Å². The van der Waals surface area contributed by atoms with Crippen molar-refractivity contribution < 1.29 is 24.7 Å². The highest BCUT2D eigenvalue weighted by Crippen LogP contribution is 2.17. The van der Waals surface area contributed by atoms with Crippen LogP contribution in [0.2, 0.25) is 0 Å². The maximum absolute atomic E-state index is 12.8. The number of unbranched alkanes of at least 4 members (excludes halogenated alkanes) is 3. The first-order valence-corrected chi connectivity index (χ1v) is 11.0. The van der Waals surface area contributed by atoms with Crippen molar-refractivity contribution in [1.29, 1.82) is 0 Å². The summed E-state index contributed by atoms with van der Waals surface area (Å²) >= 11 is 0. The van der Waals surface area contributed by atoms with Gasteiger partial charge < -0.3 is 21.1 Å². The van der Waals surface area contributed by atoms with Gasteiger partial charge in [-0.15, -0.1) is 0 Å². The Morgan fingerprint density at radius 2 is 1.84 bits per heavy atom. The second kappa shape index (κ2) is 18.4. The highest BCUT2D eigenvalue weighted by atomic mass is 16.7. The third-order valence-corrected chi connectivity index (χ3v) is 4.77. The van der Waals surface area contributed by atoms with Crippen LogP contribution in [-0.4, -0.2) is 52.3 Å². The monoisotopic (exact) mass is 459 g/mol. The van der Waals surface area contributed by atoms with Crippen LogP contribution in [0.5, 0.6) is 0 Å². The molecule has 0 aliphatic rings. The van der Waals surface area contributed by atoms with E-state index >= 15 is 0 Å². The van der Waals surface area contributed by atoms with E-state index < -0.39 is 29.9 Å². The Kier molecular flexibility index (Phi) is 18.4. The number of rotatable bonds is 17. The first-order valence-electron chi connectivity index (χ1n) is 11.0. The zero-order valence-corrected chi connectivity index (χ0v) is 18.9. The minimum Gasteiger partial charge on any atom is -0.426 e. The van der Waals surface area contributed by atoms with E-state index in [1.54, 1.807) is 5.43 Å². The number of aliphatic imine (C=N–C) groups is 1. The summed E-state index contributed by atoms with van der Waals surface area (Å²) in [6.07, 6.45) is 5.41. The van der Waals surface area contributed by atoms with Crippen molar-refractivity contribution >= 4 is 24.8 Å². The molecule has 2 atom stereocenters. The van der Waals surface area contributed by atoms with E-state index in [4.69, 9.17) is 5.73 Å². The standard InChI is InChI=1S/C19H38BN5O6.CH4/c1-4-5-6-7-10-16(26)13-15(9-8-11-22-19(21)24-25(30)31)18(27)23-17(20(28)29)12-14(2)3;/h14-15,17,28-29H,4-13H2,1-3H3,(H,23,27)(H3,21,22,24);1H4/t15-,17+;/m1./s1. The van der Waals surface area contributed by atoms with E-state index in [0.29, 0.717) is 25.7 Å². The van der Waals surface area contributed by atoms with Crippen molar-refractivity contribution in [3.05, 3.63) is 10.1 Å². The molecule has 0 aromatic rings. The van der Waals surface area contributed by atoms with Crippen LogP contribution in [0.1, 0.15) is 86.0 Å². The molecule has 0 aliphatic carbocycles. The number of nitrogens with two attached hydrogens (primary N) is 1. The van der Waals surface area contributed by atoms with Crippen molar-refractivity contribution in [1.82, 2.24) is 10.7 Å². The Balaban J connectivity index is 0. The van der Waals surface area contributed by atoms with E-state index in [1.165, 1.54) is 0 Å². The highest BCUT2D eigenvalue weighted by Gasteiger charge is 2.29. The summed E-state index contributed by atoms with van der Waals surface area (Å²) in [6.45, 7) is 6.04. The Morgan fingerprint density at radius 1 is 1.19 bits per heavy atom. The van der Waals surface area contributed by atoms with Gasteiger partial charge in [0.05, 0.1) is 5.94 Å². The van der Waals surface area contributed by atoms with Crippen LogP contribution in [0.15, 0.2) is 4.99 Å². The molecule has 0 bridgehead atoms. The van der Waals surface area contributed by atoms with Crippen molar-refractivity contribution in [2.24, 2.45) is 22.6 Å². The second-order valence-electron chi connectivity index (χ2n) is 8.19. The first-order chi connectivity index (χ1) is 14.6. The van der Waals surface area contributed by atoms with E-state index in [2.05, 4.69) is 17.2 Å². The average Bonchev–Trinajstić information content (AvgIpc) is 2.66. The molecule has 0 rings (SSSR count). The molecule has 1 amide bonds. The quantitative estimate of drug-likeness (QED) is 0.0543. The maximum Gasteiger partial charge on any atom is 0.475 e. The predicted octanol–water partition coefficient (Wildman–Crippen LogP) is 1.59. The predicted molar refractivity (Wildman–Crippen MR) is 126 cm³/mol. The lowest BCUT2D eigenvalue weighted by Gasteiger charge is -2.23. The van der Waals surface area contributed by atoms with Gasteiger partial charge in [0.1, 0.15) is 5.78 Å². The molecule has 0 radical (unpaired) electrons. The van der Waals surface area contributed by atoms with Gasteiger partial charge in [-0.2, -0.15) is 0 Å². The summed E-state index contributed by atoms with van der Waals surface area (Å²) < 4.78 is 0. The molecule has 0 aromatic carbocycles. The third kappa shape index (κ3) is 16.5. The fourth-order valence-electron chi connectivity index (χ4n) is 3.18. The van der Waals surface area contributed by atoms with Gasteiger partial charge in [0.25, 0.3) is 5.96 Å². The molecular weight excluding hydrogens is 417 g/mol. The molecule has 0 fully saturated rings. The van der Waals surface area contributed by atoms with Crippen LogP contribution >= 0.6 is 0 Å². The Bertz CT molecular complexity index is 589. The number of hydrazine groups is 1. The molecule has 12 heteroatoms. The van der Waals surface area contributed by atoms with Crippen LogP contribution < -0.4 is 16.5 Å². The number of nitro groups is 1. The summed E-state index contributed by atoms with van der Waals surface area (Å²) in [5.74, 6) is -2.10. The molecule has 0 aromatic heterocycles.